The van der Waals surface area contributed by atoms with Crippen molar-refractivity contribution in [1.29, 1.82) is 0 Å². The lowest BCUT2D eigenvalue weighted by Gasteiger charge is -2.16. The maximum Gasteiger partial charge on any atom is 0.435 e. The monoisotopic (exact) mass is 481 g/mol. The fraction of sp³-hybridized carbons (Fsp3) is 0.273. The number of sulfonamides is 1. The van der Waals surface area contributed by atoms with E-state index in [0.29, 0.717) is 5.56 Å². The van der Waals surface area contributed by atoms with E-state index in [2.05, 4.69) is 9.94 Å². The van der Waals surface area contributed by atoms with Crippen LogP contribution in [0.25, 0.3) is 16.9 Å². The molecule has 11 heteroatoms. The molecule has 3 rings (SSSR count). The first kappa shape index (κ1) is 24.5. The molecule has 0 amide bonds. The van der Waals surface area contributed by atoms with Crippen LogP contribution >= 0.6 is 0 Å². The van der Waals surface area contributed by atoms with E-state index in [1.54, 1.807) is 49.9 Å². The predicted molar refractivity (Wildman–Crippen MR) is 115 cm³/mol. The van der Waals surface area contributed by atoms with Gasteiger partial charge in [-0.1, -0.05) is 29.8 Å². The highest BCUT2D eigenvalue weighted by Crippen LogP contribution is 2.33. The van der Waals surface area contributed by atoms with Crippen molar-refractivity contribution in [2.45, 2.75) is 38.8 Å². The zero-order valence-corrected chi connectivity index (χ0v) is 19.1. The standard InChI is InChI=1S/C22H22F3N3O4S/c1-14-5-7-15(8-6-14)18-13-19(22(23,24)25)26-28(18)16-9-11-17(12-10-16)33(30,31)27-32-20(29)21(2,3)4/h5-13,27H,1-4H3. The molecule has 0 spiro atoms. The lowest BCUT2D eigenvalue weighted by molar-refractivity contribution is -0.156. The minimum absolute atomic E-state index is 0.190. The first-order chi connectivity index (χ1) is 15.2. The summed E-state index contributed by atoms with van der Waals surface area (Å²) in [6.45, 7) is 6.53. The van der Waals surface area contributed by atoms with E-state index in [4.69, 9.17) is 0 Å². The number of hydrogen-bond donors (Lipinski definition) is 1. The Kier molecular flexibility index (Phi) is 6.40. The second kappa shape index (κ2) is 8.64. The molecule has 0 saturated carbocycles. The Morgan fingerprint density at radius 1 is 1.00 bits per heavy atom. The van der Waals surface area contributed by atoms with Gasteiger partial charge in [-0.05, 0) is 62.9 Å². The topological polar surface area (TPSA) is 90.3 Å². The van der Waals surface area contributed by atoms with E-state index in [9.17, 15) is 26.4 Å². The van der Waals surface area contributed by atoms with Crippen LogP contribution < -0.4 is 4.89 Å². The van der Waals surface area contributed by atoms with Crippen molar-refractivity contribution >= 4 is 16.0 Å². The molecule has 0 unspecified atom stereocenters. The lowest BCUT2D eigenvalue weighted by Crippen LogP contribution is -2.33. The average Bonchev–Trinajstić information content (AvgIpc) is 3.18. The van der Waals surface area contributed by atoms with Gasteiger partial charge in [0.05, 0.1) is 21.7 Å². The molecule has 0 aliphatic rings. The number of halogens is 3. The van der Waals surface area contributed by atoms with Crippen LogP contribution in [-0.4, -0.2) is 24.2 Å². The number of hydrogen-bond acceptors (Lipinski definition) is 5. The minimum atomic E-state index is -4.66. The average molecular weight is 481 g/mol. The number of carbonyl (C=O) groups excluding carboxylic acids is 1. The summed E-state index contributed by atoms with van der Waals surface area (Å²) in [4.78, 5) is 18.0. The molecule has 0 saturated heterocycles. The fourth-order valence-electron chi connectivity index (χ4n) is 2.71. The summed E-state index contributed by atoms with van der Waals surface area (Å²) in [5.74, 6) is -0.776. The fourth-order valence-corrected chi connectivity index (χ4v) is 3.48. The Morgan fingerprint density at radius 2 is 1.58 bits per heavy atom. The van der Waals surface area contributed by atoms with Crippen LogP contribution in [-0.2, 0) is 25.8 Å². The van der Waals surface area contributed by atoms with Gasteiger partial charge in [-0.25, -0.2) is 17.9 Å². The highest BCUT2D eigenvalue weighted by atomic mass is 32.2. The molecule has 0 aliphatic heterocycles. The smallest absolute Gasteiger partial charge is 0.355 e. The van der Waals surface area contributed by atoms with E-state index in [0.717, 1.165) is 16.3 Å². The lowest BCUT2D eigenvalue weighted by atomic mass is 9.98. The summed E-state index contributed by atoms with van der Waals surface area (Å²) in [7, 11) is -4.20. The Hall–Kier alpha value is -3.18. The minimum Gasteiger partial charge on any atom is -0.355 e. The third kappa shape index (κ3) is 5.60. The van der Waals surface area contributed by atoms with Crippen LogP contribution in [0.15, 0.2) is 59.5 Å². The molecular weight excluding hydrogens is 459 g/mol. The number of alkyl halides is 3. The first-order valence-electron chi connectivity index (χ1n) is 9.76. The third-order valence-electron chi connectivity index (χ3n) is 4.60. The van der Waals surface area contributed by atoms with E-state index < -0.39 is 33.3 Å². The van der Waals surface area contributed by atoms with Crippen LogP contribution in [0.5, 0.6) is 0 Å². The predicted octanol–water partition coefficient (Wildman–Crippen LogP) is 4.65. The van der Waals surface area contributed by atoms with Crippen molar-refractivity contribution in [1.82, 2.24) is 14.7 Å². The number of aromatic nitrogens is 2. The highest BCUT2D eigenvalue weighted by Gasteiger charge is 2.35. The van der Waals surface area contributed by atoms with Gasteiger partial charge in [0.1, 0.15) is 0 Å². The van der Waals surface area contributed by atoms with Crippen molar-refractivity contribution in [3.63, 3.8) is 0 Å². The van der Waals surface area contributed by atoms with Crippen LogP contribution in [0.1, 0.15) is 32.0 Å². The first-order valence-corrected chi connectivity index (χ1v) is 11.2. The summed E-state index contributed by atoms with van der Waals surface area (Å²) >= 11 is 0. The number of carbonyl (C=O) groups is 1. The van der Waals surface area contributed by atoms with E-state index >= 15 is 0 Å². The molecule has 7 nitrogen and oxygen atoms in total. The molecule has 1 aromatic heterocycles. The maximum absolute atomic E-state index is 13.3. The van der Waals surface area contributed by atoms with Gasteiger partial charge >= 0.3 is 12.1 Å². The molecule has 33 heavy (non-hydrogen) atoms. The second-order valence-corrected chi connectivity index (χ2v) is 10.1. The Balaban J connectivity index is 1.95. The molecule has 2 aromatic carbocycles. The van der Waals surface area contributed by atoms with Gasteiger partial charge < -0.3 is 4.84 Å². The summed E-state index contributed by atoms with van der Waals surface area (Å²) in [6, 6.07) is 12.8. The van der Waals surface area contributed by atoms with Gasteiger partial charge in [0.25, 0.3) is 10.0 Å². The van der Waals surface area contributed by atoms with Crippen molar-refractivity contribution < 1.29 is 31.2 Å². The molecule has 0 aliphatic carbocycles. The summed E-state index contributed by atoms with van der Waals surface area (Å²) in [5.41, 5.74) is -0.145. The van der Waals surface area contributed by atoms with Crippen LogP contribution in [0.4, 0.5) is 13.2 Å². The zero-order valence-electron chi connectivity index (χ0n) is 18.3. The number of benzene rings is 2. The third-order valence-corrected chi connectivity index (χ3v) is 5.79. The number of rotatable bonds is 5. The van der Waals surface area contributed by atoms with Gasteiger partial charge in [0.2, 0.25) is 0 Å². The Bertz CT molecular complexity index is 1260. The summed E-state index contributed by atoms with van der Waals surface area (Å²) in [5, 5.41) is 3.69. The normalized spacial score (nSPS) is 12.6. The summed E-state index contributed by atoms with van der Waals surface area (Å²) < 4.78 is 65.9. The van der Waals surface area contributed by atoms with Crippen LogP contribution in [0.3, 0.4) is 0 Å². The Labute approximate surface area is 189 Å². The molecular formula is C22H22F3N3O4S. The molecule has 1 heterocycles. The molecule has 1 N–H and O–H groups in total. The molecule has 0 bridgehead atoms. The van der Waals surface area contributed by atoms with Gasteiger partial charge in [-0.3, -0.25) is 0 Å². The van der Waals surface area contributed by atoms with Gasteiger partial charge in [0.15, 0.2) is 5.69 Å². The van der Waals surface area contributed by atoms with Gasteiger partial charge in [-0.2, -0.15) is 18.3 Å². The van der Waals surface area contributed by atoms with Crippen molar-refractivity contribution in [3.05, 3.63) is 65.9 Å². The SMILES string of the molecule is Cc1ccc(-c2cc(C(F)(F)F)nn2-c2ccc(S(=O)(=O)NOC(=O)C(C)(C)C)cc2)cc1. The number of aryl methyl sites for hydroxylation is 1. The second-order valence-electron chi connectivity index (χ2n) is 8.41. The van der Waals surface area contributed by atoms with Gasteiger partial charge in [-0.15, -0.1) is 0 Å². The molecule has 176 valence electrons. The number of nitrogens with one attached hydrogen (secondary N) is 1. The van der Waals surface area contributed by atoms with Crippen molar-refractivity contribution in [2.75, 3.05) is 0 Å². The Morgan fingerprint density at radius 3 is 2.09 bits per heavy atom. The van der Waals surface area contributed by atoms with Crippen LogP contribution in [0, 0.1) is 12.3 Å². The van der Waals surface area contributed by atoms with Crippen LogP contribution in [0.2, 0.25) is 0 Å². The molecule has 0 fully saturated rings. The van der Waals surface area contributed by atoms with Gasteiger partial charge in [0, 0.05) is 5.56 Å². The maximum atomic E-state index is 13.3. The van der Waals surface area contributed by atoms with E-state index in [1.807, 2.05) is 6.92 Å². The van der Waals surface area contributed by atoms with Crippen molar-refractivity contribution in [2.24, 2.45) is 5.41 Å². The largest absolute Gasteiger partial charge is 0.435 e. The highest BCUT2D eigenvalue weighted by molar-refractivity contribution is 7.89. The van der Waals surface area contributed by atoms with E-state index in [-0.39, 0.29) is 16.3 Å². The summed E-state index contributed by atoms with van der Waals surface area (Å²) in [6.07, 6.45) is -4.66. The molecule has 3 aromatic rings. The molecule has 0 radical (unpaired) electrons. The van der Waals surface area contributed by atoms with E-state index in [1.165, 1.54) is 24.3 Å². The van der Waals surface area contributed by atoms with Crippen molar-refractivity contribution in [3.8, 4) is 16.9 Å². The quantitative estimate of drug-likeness (QED) is 0.536. The number of nitrogens with zero attached hydrogens (tertiary/aromatic N) is 2. The molecule has 0 atom stereocenters. The zero-order chi connectivity index (χ0) is 24.6.